The molecular weight excluding hydrogens is 491 g/mol. The van der Waals surface area contributed by atoms with Gasteiger partial charge in [-0.25, -0.2) is 4.39 Å². The molecule has 30 heavy (non-hydrogen) atoms. The van der Waals surface area contributed by atoms with Gasteiger partial charge in [0.2, 0.25) is 0 Å². The summed E-state index contributed by atoms with van der Waals surface area (Å²) < 4.78 is 17.3. The largest absolute Gasteiger partial charge is 0.321 e. The van der Waals surface area contributed by atoms with E-state index >= 15 is 0 Å². The number of fused-ring (bicyclic) bond motifs is 1. The molecule has 1 N–H and O–H groups in total. The van der Waals surface area contributed by atoms with Crippen LogP contribution >= 0.6 is 39.5 Å². The Hall–Kier alpha value is -2.35. The Morgan fingerprint density at radius 2 is 2.00 bits per heavy atom. The molecule has 1 amide bonds. The van der Waals surface area contributed by atoms with Crippen LogP contribution in [0, 0.1) is 5.82 Å². The SMILES string of the molecule is O=Cc1cc(Br)ccc1NC(=O)c1cc(SN2CCc3ccccc32)c(F)cc1Cl. The second kappa shape index (κ2) is 8.79. The van der Waals surface area contributed by atoms with E-state index < -0.39 is 11.7 Å². The van der Waals surface area contributed by atoms with E-state index in [-0.39, 0.29) is 10.6 Å². The van der Waals surface area contributed by atoms with Gasteiger partial charge >= 0.3 is 0 Å². The van der Waals surface area contributed by atoms with Crippen molar-refractivity contribution in [3.05, 3.63) is 86.6 Å². The van der Waals surface area contributed by atoms with Crippen LogP contribution in [0.5, 0.6) is 0 Å². The minimum absolute atomic E-state index is 0.000867. The van der Waals surface area contributed by atoms with E-state index in [4.69, 9.17) is 11.6 Å². The topological polar surface area (TPSA) is 49.4 Å². The molecule has 152 valence electrons. The second-order valence-electron chi connectivity index (χ2n) is 6.64. The number of hydrogen-bond acceptors (Lipinski definition) is 4. The van der Waals surface area contributed by atoms with Crippen molar-refractivity contribution >= 4 is 63.0 Å². The number of anilines is 2. The van der Waals surface area contributed by atoms with Gasteiger partial charge in [0.15, 0.2) is 6.29 Å². The third kappa shape index (κ3) is 4.24. The van der Waals surface area contributed by atoms with Crippen LogP contribution < -0.4 is 9.62 Å². The highest BCUT2D eigenvalue weighted by molar-refractivity contribution is 9.10. The summed E-state index contributed by atoms with van der Waals surface area (Å²) in [5.74, 6) is -1.02. The first-order valence-electron chi connectivity index (χ1n) is 9.05. The summed E-state index contributed by atoms with van der Waals surface area (Å²) in [6, 6.07) is 15.5. The van der Waals surface area contributed by atoms with E-state index in [0.717, 1.165) is 24.7 Å². The number of para-hydroxylation sites is 1. The van der Waals surface area contributed by atoms with Crippen LogP contribution in [0.3, 0.4) is 0 Å². The molecule has 0 saturated heterocycles. The molecule has 0 unspecified atom stereocenters. The van der Waals surface area contributed by atoms with E-state index in [0.29, 0.717) is 26.9 Å². The maximum Gasteiger partial charge on any atom is 0.257 e. The third-order valence-corrected chi connectivity index (χ3v) is 6.62. The molecule has 4 nitrogen and oxygen atoms in total. The number of benzene rings is 3. The average molecular weight is 506 g/mol. The van der Waals surface area contributed by atoms with Crippen LogP contribution in [0.4, 0.5) is 15.8 Å². The van der Waals surface area contributed by atoms with Crippen molar-refractivity contribution in [2.24, 2.45) is 0 Å². The molecule has 3 aromatic rings. The van der Waals surface area contributed by atoms with Gasteiger partial charge in [-0.15, -0.1) is 0 Å². The van der Waals surface area contributed by atoms with Gasteiger partial charge in [-0.05, 0) is 60.3 Å². The molecule has 0 spiro atoms. The van der Waals surface area contributed by atoms with Crippen molar-refractivity contribution < 1.29 is 14.0 Å². The Labute approximate surface area is 190 Å². The number of nitrogens with one attached hydrogen (secondary N) is 1. The van der Waals surface area contributed by atoms with Gasteiger partial charge in [0.05, 0.1) is 26.9 Å². The lowest BCUT2D eigenvalue weighted by molar-refractivity contribution is 0.102. The first-order valence-corrected chi connectivity index (χ1v) is 11.0. The summed E-state index contributed by atoms with van der Waals surface area (Å²) in [5, 5.41) is 2.68. The molecule has 0 aliphatic carbocycles. The van der Waals surface area contributed by atoms with Crippen LogP contribution in [-0.2, 0) is 6.42 Å². The minimum atomic E-state index is -0.519. The molecular formula is C22H15BrClFN2O2S. The van der Waals surface area contributed by atoms with E-state index in [1.54, 1.807) is 18.2 Å². The Morgan fingerprint density at radius 1 is 1.20 bits per heavy atom. The minimum Gasteiger partial charge on any atom is -0.321 e. The maximum atomic E-state index is 14.6. The molecule has 0 aromatic heterocycles. The van der Waals surface area contributed by atoms with Gasteiger partial charge in [-0.3, -0.25) is 9.59 Å². The Kier molecular flexibility index (Phi) is 6.13. The van der Waals surface area contributed by atoms with Gasteiger partial charge in [-0.2, -0.15) is 0 Å². The first-order chi connectivity index (χ1) is 14.5. The van der Waals surface area contributed by atoms with Crippen molar-refractivity contribution in [1.82, 2.24) is 0 Å². The molecule has 0 bridgehead atoms. The number of nitrogens with zero attached hydrogens (tertiary/aromatic N) is 1. The van der Waals surface area contributed by atoms with Gasteiger partial charge in [0.25, 0.3) is 5.91 Å². The summed E-state index contributed by atoms with van der Waals surface area (Å²) in [7, 11) is 0. The number of amides is 1. The summed E-state index contributed by atoms with van der Waals surface area (Å²) in [6.45, 7) is 0.745. The molecule has 0 radical (unpaired) electrons. The molecule has 1 aliphatic heterocycles. The van der Waals surface area contributed by atoms with Gasteiger partial charge in [0.1, 0.15) is 5.82 Å². The summed E-state index contributed by atoms with van der Waals surface area (Å²) in [4.78, 5) is 24.4. The second-order valence-corrected chi connectivity index (χ2v) is 9.02. The number of hydrogen-bond donors (Lipinski definition) is 1. The third-order valence-electron chi connectivity index (χ3n) is 4.71. The standard InChI is InChI=1S/C22H15BrClFN2O2S/c23-15-5-6-19(14(9-15)12-28)26-22(29)16-10-21(18(25)11-17(16)24)30-27-8-7-13-3-1-2-4-20(13)27/h1-6,9-12H,7-8H2,(H,26,29). The lowest BCUT2D eigenvalue weighted by atomic mass is 10.1. The fourth-order valence-corrected chi connectivity index (χ4v) is 4.86. The van der Waals surface area contributed by atoms with Crippen molar-refractivity contribution in [3.8, 4) is 0 Å². The van der Waals surface area contributed by atoms with Crippen molar-refractivity contribution in [1.29, 1.82) is 0 Å². The molecule has 1 aliphatic rings. The lowest BCUT2D eigenvalue weighted by Crippen LogP contribution is -2.15. The van der Waals surface area contributed by atoms with Crippen molar-refractivity contribution in [2.45, 2.75) is 11.3 Å². The van der Waals surface area contributed by atoms with Crippen LogP contribution in [0.25, 0.3) is 0 Å². The molecule has 4 rings (SSSR count). The zero-order valence-corrected chi connectivity index (χ0v) is 18.7. The van der Waals surface area contributed by atoms with Gasteiger partial charge < -0.3 is 9.62 Å². The molecule has 0 fully saturated rings. The van der Waals surface area contributed by atoms with Crippen LogP contribution in [0.15, 0.2) is 64.0 Å². The van der Waals surface area contributed by atoms with E-state index in [1.807, 2.05) is 22.5 Å². The number of aldehydes is 1. The molecule has 0 atom stereocenters. The number of carbonyl (C=O) groups is 2. The molecule has 0 saturated carbocycles. The Bertz CT molecular complexity index is 1160. The highest BCUT2D eigenvalue weighted by atomic mass is 79.9. The molecule has 3 aromatic carbocycles. The molecule has 1 heterocycles. The van der Waals surface area contributed by atoms with Crippen molar-refractivity contribution in [2.75, 3.05) is 16.2 Å². The smallest absolute Gasteiger partial charge is 0.257 e. The summed E-state index contributed by atoms with van der Waals surface area (Å²) >= 11 is 10.7. The maximum absolute atomic E-state index is 14.6. The van der Waals surface area contributed by atoms with Crippen molar-refractivity contribution in [3.63, 3.8) is 0 Å². The Balaban J connectivity index is 1.61. The average Bonchev–Trinajstić information content (AvgIpc) is 3.14. The van der Waals surface area contributed by atoms with E-state index in [1.165, 1.54) is 23.6 Å². The van der Waals surface area contributed by atoms with E-state index in [9.17, 15) is 14.0 Å². The highest BCUT2D eigenvalue weighted by Crippen LogP contribution is 2.38. The predicted octanol–water partition coefficient (Wildman–Crippen LogP) is 6.38. The fraction of sp³-hybridized carbons (Fsp3) is 0.0909. The number of carbonyl (C=O) groups excluding carboxylic acids is 2. The number of rotatable bonds is 5. The summed E-state index contributed by atoms with van der Waals surface area (Å²) in [6.07, 6.45) is 1.53. The zero-order valence-electron chi connectivity index (χ0n) is 15.5. The van der Waals surface area contributed by atoms with Gasteiger partial charge in [-0.1, -0.05) is 45.7 Å². The zero-order chi connectivity index (χ0) is 21.3. The fourth-order valence-electron chi connectivity index (χ4n) is 3.23. The van der Waals surface area contributed by atoms with Crippen LogP contribution in [0.1, 0.15) is 26.3 Å². The van der Waals surface area contributed by atoms with Crippen LogP contribution in [-0.4, -0.2) is 18.7 Å². The quantitative estimate of drug-likeness (QED) is 0.323. The lowest BCUT2D eigenvalue weighted by Gasteiger charge is -2.19. The highest BCUT2D eigenvalue weighted by Gasteiger charge is 2.23. The first kappa shape index (κ1) is 20.9. The normalized spacial score (nSPS) is 12.6. The van der Waals surface area contributed by atoms with E-state index in [2.05, 4.69) is 27.3 Å². The predicted molar refractivity (Wildman–Crippen MR) is 122 cm³/mol. The molecule has 8 heteroatoms. The summed E-state index contributed by atoms with van der Waals surface area (Å²) in [5.41, 5.74) is 3.04. The monoisotopic (exact) mass is 504 g/mol. The Morgan fingerprint density at radius 3 is 2.80 bits per heavy atom. The van der Waals surface area contributed by atoms with Crippen LogP contribution in [0.2, 0.25) is 5.02 Å². The van der Waals surface area contributed by atoms with Gasteiger partial charge in [0, 0.05) is 16.6 Å². The number of halogens is 3.